The summed E-state index contributed by atoms with van der Waals surface area (Å²) < 4.78 is 8.82. The average molecular weight is 610 g/mol. The zero-order valence-electron chi connectivity index (χ0n) is 15.9. The van der Waals surface area contributed by atoms with Crippen molar-refractivity contribution in [2.75, 3.05) is 0 Å². The Hall–Kier alpha value is -2.12. The van der Waals surface area contributed by atoms with Gasteiger partial charge in [0.25, 0.3) is 0 Å². The first-order chi connectivity index (χ1) is 14.7. The van der Waals surface area contributed by atoms with Gasteiger partial charge in [-0.3, -0.25) is 0 Å². The molecule has 4 aromatic rings. The number of fused-ring (bicyclic) bond motifs is 4. The van der Waals surface area contributed by atoms with Crippen molar-refractivity contribution in [1.29, 1.82) is 0 Å². The van der Waals surface area contributed by atoms with Gasteiger partial charge in [-0.15, -0.1) is 0 Å². The monoisotopic (exact) mass is 610 g/mol. The molecule has 0 amide bonds. The summed E-state index contributed by atoms with van der Waals surface area (Å²) >= 11 is 4.74. The largest absolute Gasteiger partial charge is 0.457 e. The Balaban J connectivity index is 1.67. The van der Waals surface area contributed by atoms with Crippen molar-refractivity contribution in [1.82, 2.24) is 0 Å². The molecule has 0 unspecified atom stereocenters. The Morgan fingerprint density at radius 1 is 0.500 bits per heavy atom. The number of para-hydroxylation sites is 2. The van der Waals surface area contributed by atoms with E-state index in [1.165, 1.54) is 40.5 Å². The SMILES string of the molecule is Ic1ccc(C2=C(c3ccc(I)cc3)C23c2ccccc2Oc2ccccc23)cc1. The van der Waals surface area contributed by atoms with E-state index in [-0.39, 0.29) is 5.41 Å². The molecule has 6 rings (SSSR count). The lowest BCUT2D eigenvalue weighted by Crippen LogP contribution is -2.21. The molecule has 0 saturated heterocycles. The average Bonchev–Trinajstić information content (AvgIpc) is 3.45. The Bertz CT molecular complexity index is 1210. The van der Waals surface area contributed by atoms with Crippen LogP contribution in [-0.2, 0) is 5.41 Å². The van der Waals surface area contributed by atoms with E-state index in [0.29, 0.717) is 0 Å². The van der Waals surface area contributed by atoms with E-state index in [4.69, 9.17) is 4.74 Å². The molecule has 1 spiro atoms. The minimum Gasteiger partial charge on any atom is -0.457 e. The number of allylic oxidation sites excluding steroid dienone is 2. The van der Waals surface area contributed by atoms with Crippen molar-refractivity contribution >= 4 is 56.3 Å². The highest BCUT2D eigenvalue weighted by Crippen LogP contribution is 2.72. The molecule has 1 heterocycles. The smallest absolute Gasteiger partial charge is 0.132 e. The number of benzene rings is 4. The summed E-state index contributed by atoms with van der Waals surface area (Å²) in [6.45, 7) is 0. The minimum absolute atomic E-state index is 0.273. The second-order valence-electron chi connectivity index (χ2n) is 7.61. The molecule has 3 heteroatoms. The van der Waals surface area contributed by atoms with Crippen molar-refractivity contribution in [2.45, 2.75) is 5.41 Å². The van der Waals surface area contributed by atoms with E-state index in [2.05, 4.69) is 142 Å². The van der Waals surface area contributed by atoms with Crippen LogP contribution in [0.15, 0.2) is 97.1 Å². The second kappa shape index (κ2) is 6.95. The summed E-state index contributed by atoms with van der Waals surface area (Å²) in [6, 6.07) is 34.7. The summed E-state index contributed by atoms with van der Waals surface area (Å²) in [6.07, 6.45) is 0. The van der Waals surface area contributed by atoms with Gasteiger partial charge >= 0.3 is 0 Å². The van der Waals surface area contributed by atoms with Gasteiger partial charge in [-0.2, -0.15) is 0 Å². The molecule has 4 aromatic carbocycles. The molecule has 0 saturated carbocycles. The van der Waals surface area contributed by atoms with Gasteiger partial charge in [0.1, 0.15) is 11.5 Å². The summed E-state index contributed by atoms with van der Waals surface area (Å²) in [5.41, 5.74) is 7.49. The maximum absolute atomic E-state index is 6.33. The maximum atomic E-state index is 6.33. The predicted molar refractivity (Wildman–Crippen MR) is 139 cm³/mol. The predicted octanol–water partition coefficient (Wildman–Crippen LogP) is 7.91. The van der Waals surface area contributed by atoms with Crippen molar-refractivity contribution in [2.24, 2.45) is 0 Å². The summed E-state index contributed by atoms with van der Waals surface area (Å²) in [7, 11) is 0. The van der Waals surface area contributed by atoms with Crippen LogP contribution in [0.2, 0.25) is 0 Å². The third-order valence-corrected chi connectivity index (χ3v) is 7.44. The Labute approximate surface area is 203 Å². The molecular weight excluding hydrogens is 594 g/mol. The summed E-state index contributed by atoms with van der Waals surface area (Å²) in [5, 5.41) is 0. The van der Waals surface area contributed by atoms with Crippen LogP contribution in [0.4, 0.5) is 0 Å². The number of halogens is 2. The van der Waals surface area contributed by atoms with Crippen molar-refractivity contribution in [3.05, 3.63) is 126 Å². The molecule has 2 aliphatic rings. The molecular formula is C27H16I2O. The van der Waals surface area contributed by atoms with Gasteiger partial charge < -0.3 is 4.74 Å². The van der Waals surface area contributed by atoms with Crippen molar-refractivity contribution in [3.63, 3.8) is 0 Å². The third kappa shape index (κ3) is 2.64. The van der Waals surface area contributed by atoms with E-state index >= 15 is 0 Å². The molecule has 144 valence electrons. The lowest BCUT2D eigenvalue weighted by Gasteiger charge is -2.31. The summed E-state index contributed by atoms with van der Waals surface area (Å²) in [4.78, 5) is 0. The van der Waals surface area contributed by atoms with Crippen molar-refractivity contribution in [3.8, 4) is 11.5 Å². The van der Waals surface area contributed by atoms with Crippen LogP contribution >= 0.6 is 45.2 Å². The van der Waals surface area contributed by atoms with Crippen LogP contribution in [0.1, 0.15) is 22.3 Å². The quantitative estimate of drug-likeness (QED) is 0.210. The van der Waals surface area contributed by atoms with Gasteiger partial charge in [0.15, 0.2) is 0 Å². The standard InChI is InChI=1S/C27H16I2O/c28-19-13-9-17(10-14-19)25-26(18-11-15-20(29)16-12-18)27(25)21-5-1-3-7-23(21)30-24-8-4-2-6-22(24)27/h1-16H. The van der Waals surface area contributed by atoms with Gasteiger partial charge in [0.05, 0.1) is 5.41 Å². The van der Waals surface area contributed by atoms with Gasteiger partial charge in [0, 0.05) is 18.3 Å². The molecule has 1 nitrogen and oxygen atoms in total. The third-order valence-electron chi connectivity index (χ3n) is 6.01. The first kappa shape index (κ1) is 18.6. The Morgan fingerprint density at radius 2 is 0.900 bits per heavy atom. The fourth-order valence-electron chi connectivity index (χ4n) is 4.77. The van der Waals surface area contributed by atoms with Gasteiger partial charge in [-0.05, 0) is 104 Å². The Morgan fingerprint density at radius 3 is 1.33 bits per heavy atom. The number of ether oxygens (including phenoxy) is 1. The first-order valence-electron chi connectivity index (χ1n) is 9.83. The molecule has 0 atom stereocenters. The van der Waals surface area contributed by atoms with Crippen LogP contribution in [-0.4, -0.2) is 0 Å². The molecule has 0 aromatic heterocycles. The second-order valence-corrected chi connectivity index (χ2v) is 10.1. The van der Waals surface area contributed by atoms with Crippen LogP contribution in [0.5, 0.6) is 11.5 Å². The van der Waals surface area contributed by atoms with E-state index in [1.807, 2.05) is 0 Å². The fourth-order valence-corrected chi connectivity index (χ4v) is 5.49. The van der Waals surface area contributed by atoms with Crippen molar-refractivity contribution < 1.29 is 4.74 Å². The van der Waals surface area contributed by atoms with Gasteiger partial charge in [-0.1, -0.05) is 60.7 Å². The topological polar surface area (TPSA) is 9.23 Å². The highest BCUT2D eigenvalue weighted by atomic mass is 127. The van der Waals surface area contributed by atoms with E-state index in [1.54, 1.807) is 0 Å². The molecule has 30 heavy (non-hydrogen) atoms. The van der Waals surface area contributed by atoms with Gasteiger partial charge in [-0.25, -0.2) is 0 Å². The summed E-state index contributed by atoms with van der Waals surface area (Å²) in [5.74, 6) is 1.89. The molecule has 0 N–H and O–H groups in total. The number of rotatable bonds is 2. The fraction of sp³-hybridized carbons (Fsp3) is 0.0370. The van der Waals surface area contributed by atoms with Crippen LogP contribution in [0.3, 0.4) is 0 Å². The maximum Gasteiger partial charge on any atom is 0.132 e. The molecule has 0 fully saturated rings. The first-order valence-corrected chi connectivity index (χ1v) is 12.0. The lowest BCUT2D eigenvalue weighted by atomic mass is 9.76. The molecule has 1 aliphatic carbocycles. The Kier molecular flexibility index (Phi) is 4.32. The van der Waals surface area contributed by atoms with E-state index in [0.717, 1.165) is 11.5 Å². The molecule has 0 bridgehead atoms. The van der Waals surface area contributed by atoms with Crippen LogP contribution < -0.4 is 4.74 Å². The highest BCUT2D eigenvalue weighted by Gasteiger charge is 2.60. The zero-order valence-corrected chi connectivity index (χ0v) is 20.2. The lowest BCUT2D eigenvalue weighted by molar-refractivity contribution is 0.450. The molecule has 1 aliphatic heterocycles. The van der Waals surface area contributed by atoms with E-state index in [9.17, 15) is 0 Å². The normalized spacial score (nSPS) is 15.4. The number of hydrogen-bond donors (Lipinski definition) is 0. The molecule has 0 radical (unpaired) electrons. The van der Waals surface area contributed by atoms with Gasteiger partial charge in [0.2, 0.25) is 0 Å². The van der Waals surface area contributed by atoms with Crippen LogP contribution in [0, 0.1) is 7.14 Å². The minimum atomic E-state index is -0.273. The van der Waals surface area contributed by atoms with E-state index < -0.39 is 0 Å². The van der Waals surface area contributed by atoms with Crippen LogP contribution in [0.25, 0.3) is 11.1 Å². The zero-order chi connectivity index (χ0) is 20.3. The highest BCUT2D eigenvalue weighted by molar-refractivity contribution is 14.1. The number of hydrogen-bond acceptors (Lipinski definition) is 1.